The summed E-state index contributed by atoms with van der Waals surface area (Å²) in [6.07, 6.45) is -0.0782. The average molecular weight is 278 g/mol. The highest BCUT2D eigenvalue weighted by molar-refractivity contribution is 5.91. The lowest BCUT2D eigenvalue weighted by Gasteiger charge is -2.25. The Labute approximate surface area is 119 Å². The Hall–Kier alpha value is -2.04. The number of rotatable bonds is 5. The van der Waals surface area contributed by atoms with Gasteiger partial charge in [-0.05, 0) is 25.0 Å². The van der Waals surface area contributed by atoms with Crippen molar-refractivity contribution in [3.8, 4) is 0 Å². The third-order valence-electron chi connectivity index (χ3n) is 3.23. The highest BCUT2D eigenvalue weighted by atomic mass is 16.4. The topological polar surface area (TPSA) is 69.6 Å². The van der Waals surface area contributed by atoms with Gasteiger partial charge in [-0.2, -0.15) is 0 Å². The zero-order valence-electron chi connectivity index (χ0n) is 12.4. The molecule has 1 atom stereocenters. The van der Waals surface area contributed by atoms with Gasteiger partial charge in [0.1, 0.15) is 0 Å². The molecule has 110 valence electrons. The lowest BCUT2D eigenvalue weighted by atomic mass is 10.0. The SMILES string of the molecule is Cc1ccc(N(C)C(=O)NC(CC(=O)O)C(C)C)cc1. The van der Waals surface area contributed by atoms with Crippen LogP contribution in [0.2, 0.25) is 0 Å². The molecule has 0 saturated carbocycles. The average Bonchev–Trinajstić information content (AvgIpc) is 2.37. The number of carbonyl (C=O) groups is 2. The summed E-state index contributed by atoms with van der Waals surface area (Å²) in [6, 6.07) is 6.89. The first-order valence-corrected chi connectivity index (χ1v) is 6.64. The first-order chi connectivity index (χ1) is 9.31. The van der Waals surface area contributed by atoms with Crippen molar-refractivity contribution in [1.82, 2.24) is 5.32 Å². The number of carboxylic acid groups (broad SMARTS) is 1. The second-order valence-corrected chi connectivity index (χ2v) is 5.29. The number of carboxylic acids is 1. The Bertz CT molecular complexity index is 469. The van der Waals surface area contributed by atoms with Crippen LogP contribution in [0.25, 0.3) is 0 Å². The molecule has 2 amide bonds. The molecule has 0 aromatic heterocycles. The Morgan fingerprint density at radius 2 is 1.80 bits per heavy atom. The summed E-state index contributed by atoms with van der Waals surface area (Å²) in [5.41, 5.74) is 1.89. The Kier molecular flexibility index (Phi) is 5.55. The van der Waals surface area contributed by atoms with Gasteiger partial charge in [0.05, 0.1) is 6.42 Å². The molecular formula is C15H22N2O3. The fourth-order valence-electron chi connectivity index (χ4n) is 1.78. The van der Waals surface area contributed by atoms with Crippen molar-refractivity contribution in [2.75, 3.05) is 11.9 Å². The number of amides is 2. The second-order valence-electron chi connectivity index (χ2n) is 5.29. The molecule has 1 unspecified atom stereocenters. The largest absolute Gasteiger partial charge is 0.481 e. The molecule has 5 heteroatoms. The number of anilines is 1. The van der Waals surface area contributed by atoms with Crippen molar-refractivity contribution in [3.05, 3.63) is 29.8 Å². The van der Waals surface area contributed by atoms with Crippen molar-refractivity contribution in [3.63, 3.8) is 0 Å². The number of aliphatic carboxylic acids is 1. The number of benzene rings is 1. The fraction of sp³-hybridized carbons (Fsp3) is 0.467. The van der Waals surface area contributed by atoms with Crippen molar-refractivity contribution in [2.45, 2.75) is 33.2 Å². The number of hydrogen-bond acceptors (Lipinski definition) is 2. The van der Waals surface area contributed by atoms with Gasteiger partial charge in [-0.1, -0.05) is 31.5 Å². The maximum absolute atomic E-state index is 12.1. The van der Waals surface area contributed by atoms with Crippen LogP contribution >= 0.6 is 0 Å². The fourth-order valence-corrected chi connectivity index (χ4v) is 1.78. The molecule has 0 heterocycles. The summed E-state index contributed by atoms with van der Waals surface area (Å²) in [7, 11) is 1.66. The number of nitrogens with zero attached hydrogens (tertiary/aromatic N) is 1. The highest BCUT2D eigenvalue weighted by Crippen LogP contribution is 2.14. The van der Waals surface area contributed by atoms with Crippen molar-refractivity contribution in [2.24, 2.45) is 5.92 Å². The summed E-state index contributed by atoms with van der Waals surface area (Å²) in [4.78, 5) is 24.4. The Morgan fingerprint density at radius 3 is 2.25 bits per heavy atom. The van der Waals surface area contributed by atoms with Gasteiger partial charge in [0.15, 0.2) is 0 Å². The molecule has 5 nitrogen and oxygen atoms in total. The molecule has 0 spiro atoms. The van der Waals surface area contributed by atoms with E-state index in [1.807, 2.05) is 45.0 Å². The molecule has 20 heavy (non-hydrogen) atoms. The molecule has 0 aliphatic rings. The smallest absolute Gasteiger partial charge is 0.321 e. The molecule has 0 aliphatic heterocycles. The van der Waals surface area contributed by atoms with Crippen molar-refractivity contribution >= 4 is 17.7 Å². The van der Waals surface area contributed by atoms with E-state index < -0.39 is 5.97 Å². The number of urea groups is 1. The zero-order chi connectivity index (χ0) is 15.3. The molecule has 0 radical (unpaired) electrons. The molecule has 1 rings (SSSR count). The summed E-state index contributed by atoms with van der Waals surface area (Å²) >= 11 is 0. The van der Waals surface area contributed by atoms with Crippen LogP contribution in [0.4, 0.5) is 10.5 Å². The number of nitrogens with one attached hydrogen (secondary N) is 1. The third-order valence-corrected chi connectivity index (χ3v) is 3.23. The van der Waals surface area contributed by atoms with Crippen molar-refractivity contribution < 1.29 is 14.7 Å². The summed E-state index contributed by atoms with van der Waals surface area (Å²) < 4.78 is 0. The van der Waals surface area contributed by atoms with Crippen LogP contribution in [-0.4, -0.2) is 30.2 Å². The van der Waals surface area contributed by atoms with Gasteiger partial charge in [0, 0.05) is 18.8 Å². The van der Waals surface area contributed by atoms with Crippen LogP contribution in [0, 0.1) is 12.8 Å². The minimum Gasteiger partial charge on any atom is -0.481 e. The number of carbonyl (C=O) groups excluding carboxylic acids is 1. The summed E-state index contributed by atoms with van der Waals surface area (Å²) in [5.74, 6) is -0.858. The van der Waals surface area contributed by atoms with E-state index in [1.165, 1.54) is 4.90 Å². The maximum atomic E-state index is 12.1. The third kappa shape index (κ3) is 4.57. The second kappa shape index (κ2) is 6.93. The molecule has 1 aromatic carbocycles. The summed E-state index contributed by atoms with van der Waals surface area (Å²) in [6.45, 7) is 5.75. The Morgan fingerprint density at radius 1 is 1.25 bits per heavy atom. The molecule has 0 bridgehead atoms. The van der Waals surface area contributed by atoms with Crippen LogP contribution in [-0.2, 0) is 4.79 Å². The van der Waals surface area contributed by atoms with Gasteiger partial charge in [-0.3, -0.25) is 9.69 Å². The monoisotopic (exact) mass is 278 g/mol. The minimum atomic E-state index is -0.915. The quantitative estimate of drug-likeness (QED) is 0.870. The standard InChI is InChI=1S/C15H22N2O3/c1-10(2)13(9-14(18)19)16-15(20)17(4)12-7-5-11(3)6-8-12/h5-8,10,13H,9H2,1-4H3,(H,16,20)(H,18,19). The van der Waals surface area contributed by atoms with Crippen LogP contribution < -0.4 is 10.2 Å². The molecule has 1 aromatic rings. The van der Waals surface area contributed by atoms with Crippen LogP contribution in [0.3, 0.4) is 0 Å². The van der Waals surface area contributed by atoms with E-state index in [4.69, 9.17) is 5.11 Å². The van der Waals surface area contributed by atoms with Gasteiger partial charge >= 0.3 is 12.0 Å². The molecule has 2 N–H and O–H groups in total. The van der Waals surface area contributed by atoms with E-state index in [9.17, 15) is 9.59 Å². The first-order valence-electron chi connectivity index (χ1n) is 6.64. The van der Waals surface area contributed by atoms with Gasteiger partial charge in [-0.25, -0.2) is 4.79 Å². The number of hydrogen-bond donors (Lipinski definition) is 2. The Balaban J connectivity index is 2.73. The molecular weight excluding hydrogens is 256 g/mol. The minimum absolute atomic E-state index is 0.0569. The normalized spacial score (nSPS) is 12.1. The molecule has 0 fully saturated rings. The molecule has 0 saturated heterocycles. The van der Waals surface area contributed by atoms with Crippen LogP contribution in [0.5, 0.6) is 0 Å². The van der Waals surface area contributed by atoms with Gasteiger partial charge < -0.3 is 10.4 Å². The molecule has 0 aliphatic carbocycles. The van der Waals surface area contributed by atoms with E-state index in [1.54, 1.807) is 7.05 Å². The first kappa shape index (κ1) is 16.0. The van der Waals surface area contributed by atoms with Gasteiger partial charge in [0.25, 0.3) is 0 Å². The van der Waals surface area contributed by atoms with Gasteiger partial charge in [0.2, 0.25) is 0 Å². The van der Waals surface area contributed by atoms with E-state index in [-0.39, 0.29) is 24.4 Å². The zero-order valence-corrected chi connectivity index (χ0v) is 12.4. The summed E-state index contributed by atoms with van der Waals surface area (Å²) in [5, 5.41) is 11.6. The van der Waals surface area contributed by atoms with Crippen LogP contribution in [0.1, 0.15) is 25.8 Å². The van der Waals surface area contributed by atoms with E-state index in [0.29, 0.717) is 0 Å². The highest BCUT2D eigenvalue weighted by Gasteiger charge is 2.21. The van der Waals surface area contributed by atoms with E-state index in [2.05, 4.69) is 5.32 Å². The van der Waals surface area contributed by atoms with Crippen LogP contribution in [0.15, 0.2) is 24.3 Å². The predicted octanol–water partition coefficient (Wildman–Crippen LogP) is 2.64. The van der Waals surface area contributed by atoms with E-state index >= 15 is 0 Å². The maximum Gasteiger partial charge on any atom is 0.321 e. The number of aryl methyl sites for hydroxylation is 1. The lowest BCUT2D eigenvalue weighted by molar-refractivity contribution is -0.137. The van der Waals surface area contributed by atoms with E-state index in [0.717, 1.165) is 11.3 Å². The van der Waals surface area contributed by atoms with Gasteiger partial charge in [-0.15, -0.1) is 0 Å². The lowest BCUT2D eigenvalue weighted by Crippen LogP contribution is -2.46. The predicted molar refractivity (Wildman–Crippen MR) is 79.0 cm³/mol. The van der Waals surface area contributed by atoms with Crippen molar-refractivity contribution in [1.29, 1.82) is 0 Å².